The number of amides is 1. The second-order valence-electron chi connectivity index (χ2n) is 7.41. The highest BCUT2D eigenvalue weighted by Crippen LogP contribution is 2.22. The number of aryl methyl sites for hydroxylation is 1. The average Bonchev–Trinajstić information content (AvgIpc) is 3.13. The van der Waals surface area contributed by atoms with Crippen LogP contribution in [-0.2, 0) is 26.1 Å². The van der Waals surface area contributed by atoms with Crippen LogP contribution in [0.1, 0.15) is 43.5 Å². The van der Waals surface area contributed by atoms with E-state index in [4.69, 9.17) is 14.6 Å². The van der Waals surface area contributed by atoms with Crippen molar-refractivity contribution in [1.29, 1.82) is 0 Å². The molecule has 0 fully saturated rings. The maximum atomic E-state index is 13.0. The second kappa shape index (κ2) is 11.4. The fraction of sp³-hybridized carbons (Fsp3) is 0.348. The third-order valence-electron chi connectivity index (χ3n) is 4.87. The smallest absolute Gasteiger partial charge is 0.307 e. The molecule has 11 heteroatoms. The first-order valence-corrected chi connectivity index (χ1v) is 13.2. The van der Waals surface area contributed by atoms with Crippen LogP contribution in [0.2, 0.25) is 0 Å². The van der Waals surface area contributed by atoms with Gasteiger partial charge in [0.05, 0.1) is 34.7 Å². The predicted molar refractivity (Wildman–Crippen MR) is 129 cm³/mol. The van der Waals surface area contributed by atoms with Crippen LogP contribution in [0.4, 0.5) is 0 Å². The molecule has 2 N–H and O–H groups in total. The maximum absolute atomic E-state index is 13.0. The van der Waals surface area contributed by atoms with Crippen molar-refractivity contribution < 1.29 is 27.5 Å². The van der Waals surface area contributed by atoms with Gasteiger partial charge in [0, 0.05) is 12.1 Å². The number of rotatable bonds is 10. The minimum Gasteiger partial charge on any atom is -0.494 e. The molecule has 0 unspecified atom stereocenters. The van der Waals surface area contributed by atoms with Crippen molar-refractivity contribution in [2.45, 2.75) is 44.6 Å². The molecular weight excluding hydrogens is 478 g/mol. The molecule has 0 atom stereocenters. The Morgan fingerprint density at radius 2 is 1.94 bits per heavy atom. The number of carbonyl (C=O) groups is 2. The van der Waals surface area contributed by atoms with Crippen molar-refractivity contribution in [3.8, 4) is 5.75 Å². The predicted octanol–water partition coefficient (Wildman–Crippen LogP) is 3.22. The number of primary sulfonamides is 1. The minimum atomic E-state index is -3.90. The summed E-state index contributed by atoms with van der Waals surface area (Å²) in [6.45, 7) is 4.81. The number of fused-ring (bicyclic) bond motifs is 1. The van der Waals surface area contributed by atoms with E-state index in [0.29, 0.717) is 32.9 Å². The van der Waals surface area contributed by atoms with E-state index in [1.54, 1.807) is 41.8 Å². The number of hydrogen-bond acceptors (Lipinski definition) is 7. The fourth-order valence-electron chi connectivity index (χ4n) is 3.17. The molecular formula is C23H27N3O6S2. The molecule has 9 nitrogen and oxygen atoms in total. The molecule has 0 aliphatic rings. The molecule has 0 bridgehead atoms. The van der Waals surface area contributed by atoms with Crippen LogP contribution in [0.5, 0.6) is 5.75 Å². The molecule has 0 radical (unpaired) electrons. The lowest BCUT2D eigenvalue weighted by Crippen LogP contribution is -2.19. The quantitative estimate of drug-likeness (QED) is 0.333. The van der Waals surface area contributed by atoms with Crippen LogP contribution in [0.15, 0.2) is 52.4 Å². The Morgan fingerprint density at radius 3 is 2.65 bits per heavy atom. The number of esters is 1. The lowest BCUT2D eigenvalue weighted by molar-refractivity contribution is -0.143. The molecule has 2 aromatic carbocycles. The normalized spacial score (nSPS) is 12.1. The van der Waals surface area contributed by atoms with Gasteiger partial charge in [-0.25, -0.2) is 13.6 Å². The van der Waals surface area contributed by atoms with Crippen molar-refractivity contribution >= 4 is 43.5 Å². The first-order chi connectivity index (χ1) is 16.2. The SMILES string of the molecule is CCCCOc1cccc(C(=O)N=c2sc3cc(S(N)(=O)=O)ccc3n2CCC(=O)OCC)c1. The maximum Gasteiger partial charge on any atom is 0.307 e. The lowest BCUT2D eigenvalue weighted by atomic mass is 10.2. The molecule has 34 heavy (non-hydrogen) atoms. The largest absolute Gasteiger partial charge is 0.494 e. The van der Waals surface area contributed by atoms with Crippen LogP contribution >= 0.6 is 11.3 Å². The Kier molecular flexibility index (Phi) is 8.59. The Bertz CT molecular complexity index is 1360. The second-order valence-corrected chi connectivity index (χ2v) is 9.98. The van der Waals surface area contributed by atoms with Crippen LogP contribution in [0, 0.1) is 0 Å². The van der Waals surface area contributed by atoms with Crippen molar-refractivity contribution in [2.24, 2.45) is 10.1 Å². The van der Waals surface area contributed by atoms with Crippen molar-refractivity contribution in [3.63, 3.8) is 0 Å². The third kappa shape index (κ3) is 6.52. The van der Waals surface area contributed by atoms with Gasteiger partial charge >= 0.3 is 5.97 Å². The third-order valence-corrected chi connectivity index (χ3v) is 6.82. The van der Waals surface area contributed by atoms with Gasteiger partial charge in [-0.2, -0.15) is 4.99 Å². The Morgan fingerprint density at radius 1 is 1.15 bits per heavy atom. The standard InChI is InChI=1S/C23H27N3O6S2/c1-3-5-13-32-17-8-6-7-16(14-17)22(28)25-23-26(12-11-21(27)31-4-2)19-10-9-18(34(24,29)30)15-20(19)33-23/h6-10,14-15H,3-5,11-13H2,1-2H3,(H2,24,29,30). The van der Waals surface area contributed by atoms with Gasteiger partial charge in [0.1, 0.15) is 5.75 Å². The Hall–Kier alpha value is -3.02. The summed E-state index contributed by atoms with van der Waals surface area (Å²) in [6.07, 6.45) is 1.98. The zero-order valence-corrected chi connectivity index (χ0v) is 20.7. The topological polar surface area (TPSA) is 130 Å². The Balaban J connectivity index is 2.01. The summed E-state index contributed by atoms with van der Waals surface area (Å²) >= 11 is 1.14. The van der Waals surface area contributed by atoms with E-state index in [1.807, 2.05) is 0 Å². The minimum absolute atomic E-state index is 0.0476. The number of hydrogen-bond donors (Lipinski definition) is 1. The van der Waals surface area contributed by atoms with E-state index in [0.717, 1.165) is 24.2 Å². The number of aromatic nitrogens is 1. The first-order valence-electron chi connectivity index (χ1n) is 10.9. The summed E-state index contributed by atoms with van der Waals surface area (Å²) in [5, 5.41) is 5.26. The van der Waals surface area contributed by atoms with Gasteiger partial charge in [0.2, 0.25) is 10.0 Å². The van der Waals surface area contributed by atoms with Crippen LogP contribution in [0.3, 0.4) is 0 Å². The van der Waals surface area contributed by atoms with E-state index in [2.05, 4.69) is 11.9 Å². The van der Waals surface area contributed by atoms with Gasteiger partial charge < -0.3 is 14.0 Å². The number of unbranched alkanes of at least 4 members (excludes halogenated alkanes) is 1. The first kappa shape index (κ1) is 25.6. The number of nitrogens with two attached hydrogens (primary N) is 1. The average molecular weight is 506 g/mol. The molecule has 182 valence electrons. The van der Waals surface area contributed by atoms with E-state index < -0.39 is 15.9 Å². The summed E-state index contributed by atoms with van der Waals surface area (Å²) in [7, 11) is -3.90. The number of sulfonamides is 1. The zero-order valence-electron chi connectivity index (χ0n) is 19.0. The van der Waals surface area contributed by atoms with Gasteiger partial charge in [0.15, 0.2) is 4.80 Å². The van der Waals surface area contributed by atoms with E-state index in [-0.39, 0.29) is 30.4 Å². The summed E-state index contributed by atoms with van der Waals surface area (Å²) < 4.78 is 36.5. The van der Waals surface area contributed by atoms with E-state index in [1.165, 1.54) is 12.1 Å². The van der Waals surface area contributed by atoms with Crippen LogP contribution in [-0.4, -0.2) is 38.1 Å². The summed E-state index contributed by atoms with van der Waals surface area (Å²) in [6, 6.07) is 11.2. The summed E-state index contributed by atoms with van der Waals surface area (Å²) in [5.41, 5.74) is 0.985. The molecule has 0 aliphatic carbocycles. The molecule has 0 saturated heterocycles. The molecule has 0 spiro atoms. The monoisotopic (exact) mass is 505 g/mol. The Labute approximate surface area is 201 Å². The number of nitrogens with zero attached hydrogens (tertiary/aromatic N) is 2. The van der Waals surface area contributed by atoms with Crippen LogP contribution in [0.25, 0.3) is 10.2 Å². The summed E-state index contributed by atoms with van der Waals surface area (Å²) in [4.78, 5) is 29.4. The number of ether oxygens (including phenoxy) is 2. The van der Waals surface area contributed by atoms with Crippen molar-refractivity contribution in [2.75, 3.05) is 13.2 Å². The molecule has 0 aliphatic heterocycles. The number of thiazole rings is 1. The fourth-order valence-corrected chi connectivity index (χ4v) is 4.88. The zero-order chi connectivity index (χ0) is 24.7. The summed E-state index contributed by atoms with van der Waals surface area (Å²) in [5.74, 6) is -0.285. The highest BCUT2D eigenvalue weighted by Gasteiger charge is 2.15. The molecule has 1 amide bonds. The van der Waals surface area contributed by atoms with E-state index in [9.17, 15) is 18.0 Å². The van der Waals surface area contributed by atoms with Gasteiger partial charge in [0.25, 0.3) is 5.91 Å². The van der Waals surface area contributed by atoms with Crippen molar-refractivity contribution in [1.82, 2.24) is 4.57 Å². The van der Waals surface area contributed by atoms with Crippen molar-refractivity contribution in [3.05, 3.63) is 52.8 Å². The number of benzene rings is 2. The highest BCUT2D eigenvalue weighted by atomic mass is 32.2. The molecule has 0 saturated carbocycles. The van der Waals surface area contributed by atoms with Crippen LogP contribution < -0.4 is 14.7 Å². The van der Waals surface area contributed by atoms with E-state index >= 15 is 0 Å². The molecule has 1 aromatic heterocycles. The van der Waals surface area contributed by atoms with Gasteiger partial charge in [-0.15, -0.1) is 0 Å². The molecule has 1 heterocycles. The molecule has 3 rings (SSSR count). The van der Waals surface area contributed by atoms with Gasteiger partial charge in [-0.1, -0.05) is 30.7 Å². The highest BCUT2D eigenvalue weighted by molar-refractivity contribution is 7.89. The van der Waals surface area contributed by atoms with Gasteiger partial charge in [-0.05, 0) is 49.7 Å². The lowest BCUT2D eigenvalue weighted by Gasteiger charge is -2.07. The van der Waals surface area contributed by atoms with Gasteiger partial charge in [-0.3, -0.25) is 9.59 Å². The molecule has 3 aromatic rings. The number of carbonyl (C=O) groups excluding carboxylic acids is 2.